The predicted molar refractivity (Wildman–Crippen MR) is 115 cm³/mol. The van der Waals surface area contributed by atoms with E-state index in [1.54, 1.807) is 0 Å². The van der Waals surface area contributed by atoms with E-state index < -0.39 is 0 Å². The van der Waals surface area contributed by atoms with Crippen LogP contribution in [0, 0.1) is 13.8 Å². The second kappa shape index (κ2) is 8.27. The van der Waals surface area contributed by atoms with Gasteiger partial charge in [-0.3, -0.25) is 4.79 Å². The lowest BCUT2D eigenvalue weighted by Gasteiger charge is -2.48. The van der Waals surface area contributed by atoms with Crippen molar-refractivity contribution >= 4 is 17.6 Å². The summed E-state index contributed by atoms with van der Waals surface area (Å²) in [5, 5.41) is 6.26. The van der Waals surface area contributed by atoms with Gasteiger partial charge < -0.3 is 15.5 Å². The zero-order valence-corrected chi connectivity index (χ0v) is 17.2. The molecule has 152 valence electrons. The Morgan fingerprint density at radius 3 is 2.00 bits per heavy atom. The number of carbonyl (C=O) groups excluding carboxylic acids is 2. The molecule has 1 unspecified atom stereocenters. The molecule has 0 radical (unpaired) electrons. The van der Waals surface area contributed by atoms with Gasteiger partial charge in [-0.1, -0.05) is 35.4 Å². The van der Waals surface area contributed by atoms with Crippen molar-refractivity contribution in [3.63, 3.8) is 0 Å². The summed E-state index contributed by atoms with van der Waals surface area (Å²) >= 11 is 0. The van der Waals surface area contributed by atoms with Crippen LogP contribution >= 0.6 is 0 Å². The minimum Gasteiger partial charge on any atom is -0.349 e. The number of carbonyl (C=O) groups is 2. The van der Waals surface area contributed by atoms with Crippen LogP contribution in [0.2, 0.25) is 0 Å². The smallest absolute Gasteiger partial charge is 0.322 e. The number of nitrogens with one attached hydrogen (secondary N) is 2. The maximum absolute atomic E-state index is 13.0. The van der Waals surface area contributed by atoms with Crippen molar-refractivity contribution in [2.45, 2.75) is 64.1 Å². The van der Waals surface area contributed by atoms with E-state index in [2.05, 4.69) is 10.6 Å². The van der Waals surface area contributed by atoms with Crippen LogP contribution in [0.15, 0.2) is 48.5 Å². The van der Waals surface area contributed by atoms with E-state index in [1.807, 2.05) is 67.3 Å². The zero-order valence-electron chi connectivity index (χ0n) is 17.2. The van der Waals surface area contributed by atoms with Gasteiger partial charge in [-0.25, -0.2) is 4.79 Å². The van der Waals surface area contributed by atoms with Gasteiger partial charge in [0.25, 0.3) is 5.91 Å². The fourth-order valence-corrected chi connectivity index (χ4v) is 4.63. The van der Waals surface area contributed by atoms with E-state index >= 15 is 0 Å². The molecule has 2 aliphatic heterocycles. The van der Waals surface area contributed by atoms with Crippen LogP contribution in [0.25, 0.3) is 0 Å². The molecule has 2 N–H and O–H groups in total. The number of benzene rings is 2. The molecule has 0 aromatic heterocycles. The zero-order chi connectivity index (χ0) is 20.4. The summed E-state index contributed by atoms with van der Waals surface area (Å²) in [5.41, 5.74) is 3.84. The number of hydrogen-bond donors (Lipinski definition) is 2. The Morgan fingerprint density at radius 1 is 0.862 bits per heavy atom. The highest BCUT2D eigenvalue weighted by molar-refractivity contribution is 5.94. The summed E-state index contributed by atoms with van der Waals surface area (Å²) in [6.07, 6.45) is 4.76. The molecule has 2 saturated heterocycles. The number of rotatable bonds is 3. The van der Waals surface area contributed by atoms with Gasteiger partial charge in [0.2, 0.25) is 0 Å². The molecule has 2 aromatic carbocycles. The summed E-state index contributed by atoms with van der Waals surface area (Å²) in [6.45, 7) is 4.05. The van der Waals surface area contributed by atoms with Gasteiger partial charge in [0.05, 0.1) is 0 Å². The van der Waals surface area contributed by atoms with Gasteiger partial charge in [0.15, 0.2) is 0 Å². The summed E-state index contributed by atoms with van der Waals surface area (Å²) in [7, 11) is 0. The SMILES string of the molecule is Cc1ccc(NC(=O)N2[C@@H]3CCC[C@H]2CC(NC(=O)c2ccc(C)cc2)C3)cc1. The molecule has 2 heterocycles. The van der Waals surface area contributed by atoms with E-state index in [-0.39, 0.29) is 30.1 Å². The van der Waals surface area contributed by atoms with Crippen molar-refractivity contribution in [2.75, 3.05) is 5.32 Å². The van der Waals surface area contributed by atoms with Crippen molar-refractivity contribution < 1.29 is 9.59 Å². The van der Waals surface area contributed by atoms with Gasteiger partial charge in [0, 0.05) is 29.4 Å². The fraction of sp³-hybridized carbons (Fsp3) is 0.417. The molecule has 2 aliphatic rings. The van der Waals surface area contributed by atoms with Crippen LogP contribution in [0.1, 0.15) is 53.6 Å². The topological polar surface area (TPSA) is 61.4 Å². The van der Waals surface area contributed by atoms with E-state index in [0.717, 1.165) is 43.4 Å². The van der Waals surface area contributed by atoms with Gasteiger partial charge in [-0.2, -0.15) is 0 Å². The molecule has 0 spiro atoms. The number of piperidine rings is 2. The lowest BCUT2D eigenvalue weighted by Crippen LogP contribution is -2.59. The maximum Gasteiger partial charge on any atom is 0.322 e. The molecule has 2 bridgehead atoms. The molecule has 3 atom stereocenters. The third-order valence-electron chi connectivity index (χ3n) is 6.16. The quantitative estimate of drug-likeness (QED) is 0.800. The average molecular weight is 392 g/mol. The number of hydrogen-bond acceptors (Lipinski definition) is 2. The van der Waals surface area contributed by atoms with Crippen LogP contribution < -0.4 is 10.6 Å². The van der Waals surface area contributed by atoms with Crippen LogP contribution in [-0.2, 0) is 0 Å². The average Bonchev–Trinajstić information content (AvgIpc) is 2.69. The Bertz CT molecular complexity index is 862. The highest BCUT2D eigenvalue weighted by atomic mass is 16.2. The van der Waals surface area contributed by atoms with Crippen LogP contribution in [0.5, 0.6) is 0 Å². The van der Waals surface area contributed by atoms with Crippen LogP contribution in [-0.4, -0.2) is 35.0 Å². The number of anilines is 1. The summed E-state index contributed by atoms with van der Waals surface area (Å²) in [5.74, 6) is -0.0226. The van der Waals surface area contributed by atoms with E-state index in [4.69, 9.17) is 0 Å². The minimum atomic E-state index is -0.0226. The molecule has 3 amide bonds. The molecule has 29 heavy (non-hydrogen) atoms. The molecule has 0 saturated carbocycles. The van der Waals surface area contributed by atoms with Gasteiger partial charge in [-0.05, 0) is 70.2 Å². The summed E-state index contributed by atoms with van der Waals surface area (Å²) < 4.78 is 0. The molecule has 5 nitrogen and oxygen atoms in total. The maximum atomic E-state index is 13.0. The Balaban J connectivity index is 1.40. The van der Waals surface area contributed by atoms with E-state index in [1.165, 1.54) is 5.56 Å². The second-order valence-electron chi connectivity index (χ2n) is 8.45. The molecule has 2 fully saturated rings. The van der Waals surface area contributed by atoms with Crippen LogP contribution in [0.4, 0.5) is 10.5 Å². The van der Waals surface area contributed by atoms with Crippen molar-refractivity contribution in [1.82, 2.24) is 10.2 Å². The third kappa shape index (κ3) is 4.44. The summed E-state index contributed by atoms with van der Waals surface area (Å²) in [4.78, 5) is 27.6. The molecule has 2 aromatic rings. The van der Waals surface area contributed by atoms with Crippen molar-refractivity contribution in [3.8, 4) is 0 Å². The van der Waals surface area contributed by atoms with Gasteiger partial charge in [0.1, 0.15) is 0 Å². The van der Waals surface area contributed by atoms with E-state index in [9.17, 15) is 9.59 Å². The highest BCUT2D eigenvalue weighted by Crippen LogP contribution is 2.34. The lowest BCUT2D eigenvalue weighted by molar-refractivity contribution is 0.0577. The number of nitrogens with zero attached hydrogens (tertiary/aromatic N) is 1. The first kappa shape index (κ1) is 19.5. The predicted octanol–water partition coefficient (Wildman–Crippen LogP) is 4.65. The normalized spacial score (nSPS) is 23.4. The third-order valence-corrected chi connectivity index (χ3v) is 6.16. The molecule has 0 aliphatic carbocycles. The first-order chi connectivity index (χ1) is 14.0. The standard InChI is InChI=1S/C24H29N3O2/c1-16-6-10-18(11-7-16)23(28)25-20-14-21-4-3-5-22(15-20)27(21)24(29)26-19-12-8-17(2)9-13-19/h6-13,20-22H,3-5,14-15H2,1-2H3,(H,25,28)(H,26,29)/t20?,21-,22+. The Labute approximate surface area is 172 Å². The Hall–Kier alpha value is -2.82. The molecular weight excluding hydrogens is 362 g/mol. The first-order valence-corrected chi connectivity index (χ1v) is 10.5. The fourth-order valence-electron chi connectivity index (χ4n) is 4.63. The Kier molecular flexibility index (Phi) is 5.56. The molecular formula is C24H29N3O2. The highest BCUT2D eigenvalue weighted by Gasteiger charge is 2.41. The first-order valence-electron chi connectivity index (χ1n) is 10.5. The second-order valence-corrected chi connectivity index (χ2v) is 8.45. The molecule has 4 rings (SSSR count). The number of fused-ring (bicyclic) bond motifs is 2. The Morgan fingerprint density at radius 2 is 1.41 bits per heavy atom. The van der Waals surface area contributed by atoms with E-state index in [0.29, 0.717) is 5.56 Å². The van der Waals surface area contributed by atoms with Crippen LogP contribution in [0.3, 0.4) is 0 Å². The summed E-state index contributed by atoms with van der Waals surface area (Å²) in [6, 6.07) is 16.0. The molecule has 5 heteroatoms. The monoisotopic (exact) mass is 391 g/mol. The number of aryl methyl sites for hydroxylation is 2. The lowest BCUT2D eigenvalue weighted by atomic mass is 9.82. The number of urea groups is 1. The van der Waals surface area contributed by atoms with Crippen molar-refractivity contribution in [1.29, 1.82) is 0 Å². The number of amides is 3. The van der Waals surface area contributed by atoms with Crippen molar-refractivity contribution in [3.05, 3.63) is 65.2 Å². The van der Waals surface area contributed by atoms with Gasteiger partial charge >= 0.3 is 6.03 Å². The van der Waals surface area contributed by atoms with Crippen molar-refractivity contribution in [2.24, 2.45) is 0 Å². The minimum absolute atomic E-state index is 0.0214. The van der Waals surface area contributed by atoms with Gasteiger partial charge in [-0.15, -0.1) is 0 Å². The largest absolute Gasteiger partial charge is 0.349 e.